The van der Waals surface area contributed by atoms with Gasteiger partial charge in [0.05, 0.1) is 6.54 Å². The van der Waals surface area contributed by atoms with Gasteiger partial charge in [-0.25, -0.2) is 9.67 Å². The van der Waals surface area contributed by atoms with Crippen LogP contribution in [0.15, 0.2) is 6.33 Å². The van der Waals surface area contributed by atoms with E-state index >= 15 is 0 Å². The van der Waals surface area contributed by atoms with E-state index in [-0.39, 0.29) is 11.8 Å². The standard InChI is InChI=1S/C8H14N4O/c1-6(2)12-8(10-5-11-12)7(13)4-9-3/h5-6,9H,4H2,1-3H3. The van der Waals surface area contributed by atoms with Gasteiger partial charge in [-0.15, -0.1) is 0 Å². The van der Waals surface area contributed by atoms with Crippen molar-refractivity contribution in [2.45, 2.75) is 19.9 Å². The van der Waals surface area contributed by atoms with Crippen LogP contribution in [0.2, 0.25) is 0 Å². The third-order valence-corrected chi connectivity index (χ3v) is 1.65. The highest BCUT2D eigenvalue weighted by molar-refractivity contribution is 5.94. The molecule has 13 heavy (non-hydrogen) atoms. The fourth-order valence-corrected chi connectivity index (χ4v) is 1.07. The Morgan fingerprint density at radius 3 is 2.92 bits per heavy atom. The second kappa shape index (κ2) is 4.13. The molecule has 0 saturated carbocycles. The molecule has 0 atom stereocenters. The number of carbonyl (C=O) groups excluding carboxylic acids is 1. The first-order chi connectivity index (χ1) is 6.16. The van der Waals surface area contributed by atoms with Crippen LogP contribution >= 0.6 is 0 Å². The number of nitrogens with one attached hydrogen (secondary N) is 1. The highest BCUT2D eigenvalue weighted by Crippen LogP contribution is 2.04. The molecule has 72 valence electrons. The lowest BCUT2D eigenvalue weighted by atomic mass is 10.3. The zero-order valence-electron chi connectivity index (χ0n) is 8.11. The Kier molecular flexibility index (Phi) is 3.13. The van der Waals surface area contributed by atoms with E-state index in [0.717, 1.165) is 0 Å². The van der Waals surface area contributed by atoms with Crippen molar-refractivity contribution in [3.05, 3.63) is 12.2 Å². The summed E-state index contributed by atoms with van der Waals surface area (Å²) in [5.74, 6) is 0.387. The van der Waals surface area contributed by atoms with Crippen molar-refractivity contribution < 1.29 is 4.79 Å². The van der Waals surface area contributed by atoms with E-state index in [2.05, 4.69) is 15.4 Å². The Hall–Kier alpha value is -1.23. The first-order valence-corrected chi connectivity index (χ1v) is 4.24. The fourth-order valence-electron chi connectivity index (χ4n) is 1.07. The Bertz CT molecular complexity index is 292. The van der Waals surface area contributed by atoms with Gasteiger partial charge in [-0.05, 0) is 20.9 Å². The van der Waals surface area contributed by atoms with Crippen LogP contribution in [0.25, 0.3) is 0 Å². The quantitative estimate of drug-likeness (QED) is 0.678. The van der Waals surface area contributed by atoms with E-state index in [1.54, 1.807) is 11.7 Å². The van der Waals surface area contributed by atoms with E-state index in [9.17, 15) is 4.79 Å². The second-order valence-electron chi connectivity index (χ2n) is 3.08. The normalized spacial score (nSPS) is 10.8. The lowest BCUT2D eigenvalue weighted by molar-refractivity contribution is 0.0976. The van der Waals surface area contributed by atoms with Crippen LogP contribution in [0.3, 0.4) is 0 Å². The van der Waals surface area contributed by atoms with Crippen molar-refractivity contribution in [1.82, 2.24) is 20.1 Å². The van der Waals surface area contributed by atoms with Gasteiger partial charge >= 0.3 is 0 Å². The summed E-state index contributed by atoms with van der Waals surface area (Å²) >= 11 is 0. The Morgan fingerprint density at radius 2 is 2.38 bits per heavy atom. The summed E-state index contributed by atoms with van der Waals surface area (Å²) in [7, 11) is 1.73. The summed E-state index contributed by atoms with van der Waals surface area (Å²) in [4.78, 5) is 15.4. The molecule has 0 aliphatic carbocycles. The number of aromatic nitrogens is 3. The SMILES string of the molecule is CNCC(=O)c1ncnn1C(C)C. The van der Waals surface area contributed by atoms with Gasteiger partial charge in [0.15, 0.2) is 5.82 Å². The molecule has 0 bridgehead atoms. The van der Waals surface area contributed by atoms with Crippen molar-refractivity contribution in [3.63, 3.8) is 0 Å². The topological polar surface area (TPSA) is 59.8 Å². The summed E-state index contributed by atoms with van der Waals surface area (Å²) in [5.41, 5.74) is 0. The number of likely N-dealkylation sites (N-methyl/N-ethyl adjacent to an activating group) is 1. The molecule has 1 aromatic rings. The Morgan fingerprint density at radius 1 is 1.69 bits per heavy atom. The number of hydrogen-bond acceptors (Lipinski definition) is 4. The summed E-state index contributed by atoms with van der Waals surface area (Å²) < 4.78 is 1.62. The van der Waals surface area contributed by atoms with Crippen LogP contribution in [0.1, 0.15) is 30.5 Å². The molecular weight excluding hydrogens is 168 g/mol. The fraction of sp³-hybridized carbons (Fsp3) is 0.625. The third kappa shape index (κ3) is 2.12. The second-order valence-corrected chi connectivity index (χ2v) is 3.08. The van der Waals surface area contributed by atoms with Gasteiger partial charge in [0.2, 0.25) is 5.78 Å². The maximum Gasteiger partial charge on any atom is 0.213 e. The van der Waals surface area contributed by atoms with Crippen LogP contribution in [-0.2, 0) is 0 Å². The zero-order chi connectivity index (χ0) is 9.84. The summed E-state index contributed by atoms with van der Waals surface area (Å²) in [6, 6.07) is 0.165. The molecule has 0 fully saturated rings. The molecule has 5 nitrogen and oxygen atoms in total. The van der Waals surface area contributed by atoms with Crippen molar-refractivity contribution in [2.75, 3.05) is 13.6 Å². The number of Topliss-reactive ketones (excluding diaryl/α,β-unsaturated/α-hetero) is 1. The average molecular weight is 182 g/mol. The number of rotatable bonds is 4. The van der Waals surface area contributed by atoms with Gasteiger partial charge in [-0.1, -0.05) is 0 Å². The van der Waals surface area contributed by atoms with Gasteiger partial charge in [-0.3, -0.25) is 4.79 Å². The molecule has 0 aliphatic rings. The third-order valence-electron chi connectivity index (χ3n) is 1.65. The largest absolute Gasteiger partial charge is 0.313 e. The average Bonchev–Trinajstić information content (AvgIpc) is 2.52. The molecule has 1 rings (SSSR count). The van der Waals surface area contributed by atoms with Crippen LogP contribution in [0.4, 0.5) is 0 Å². The smallest absolute Gasteiger partial charge is 0.213 e. The minimum absolute atomic E-state index is 0.0336. The van der Waals surface area contributed by atoms with Crippen molar-refractivity contribution in [3.8, 4) is 0 Å². The molecule has 0 unspecified atom stereocenters. The van der Waals surface area contributed by atoms with Gasteiger partial charge in [0.25, 0.3) is 0 Å². The first-order valence-electron chi connectivity index (χ1n) is 4.24. The predicted molar refractivity (Wildman–Crippen MR) is 48.7 cm³/mol. The van der Waals surface area contributed by atoms with Crippen molar-refractivity contribution >= 4 is 5.78 Å². The first kappa shape index (κ1) is 9.85. The molecule has 0 amide bonds. The lowest BCUT2D eigenvalue weighted by Crippen LogP contribution is -2.23. The molecule has 0 aromatic carbocycles. The Balaban J connectivity index is 2.87. The minimum atomic E-state index is -0.0336. The highest BCUT2D eigenvalue weighted by Gasteiger charge is 2.14. The predicted octanol–water partition coefficient (Wildman–Crippen LogP) is 0.261. The monoisotopic (exact) mass is 182 g/mol. The molecule has 1 heterocycles. The number of ketones is 1. The highest BCUT2D eigenvalue weighted by atomic mass is 16.1. The molecular formula is C8H14N4O. The van der Waals surface area contributed by atoms with E-state index in [1.165, 1.54) is 6.33 Å². The summed E-state index contributed by atoms with van der Waals surface area (Å²) in [6.07, 6.45) is 1.41. The Labute approximate surface area is 77.2 Å². The van der Waals surface area contributed by atoms with E-state index in [4.69, 9.17) is 0 Å². The molecule has 0 radical (unpaired) electrons. The van der Waals surface area contributed by atoms with Crippen molar-refractivity contribution in [2.24, 2.45) is 0 Å². The van der Waals surface area contributed by atoms with E-state index in [1.807, 2.05) is 13.8 Å². The molecule has 1 aromatic heterocycles. The molecule has 0 spiro atoms. The maximum atomic E-state index is 11.4. The molecule has 1 N–H and O–H groups in total. The van der Waals surface area contributed by atoms with Gasteiger partial charge in [-0.2, -0.15) is 5.10 Å². The number of hydrogen-bond donors (Lipinski definition) is 1. The van der Waals surface area contributed by atoms with Crippen LogP contribution in [0, 0.1) is 0 Å². The van der Waals surface area contributed by atoms with Gasteiger partial charge < -0.3 is 5.32 Å². The minimum Gasteiger partial charge on any atom is -0.313 e. The van der Waals surface area contributed by atoms with Gasteiger partial charge in [0, 0.05) is 6.04 Å². The van der Waals surface area contributed by atoms with Gasteiger partial charge in [0.1, 0.15) is 6.33 Å². The molecule has 0 saturated heterocycles. The van der Waals surface area contributed by atoms with E-state index < -0.39 is 0 Å². The molecule has 0 aliphatic heterocycles. The van der Waals surface area contributed by atoms with Crippen molar-refractivity contribution in [1.29, 1.82) is 0 Å². The maximum absolute atomic E-state index is 11.4. The number of nitrogens with zero attached hydrogens (tertiary/aromatic N) is 3. The summed E-state index contributed by atoms with van der Waals surface area (Å²) in [6.45, 7) is 4.22. The lowest BCUT2D eigenvalue weighted by Gasteiger charge is -2.07. The van der Waals surface area contributed by atoms with Crippen LogP contribution < -0.4 is 5.32 Å². The summed E-state index contributed by atoms with van der Waals surface area (Å²) in [5, 5.41) is 6.77. The zero-order valence-corrected chi connectivity index (χ0v) is 8.11. The van der Waals surface area contributed by atoms with E-state index in [0.29, 0.717) is 12.4 Å². The van der Waals surface area contributed by atoms with Crippen LogP contribution in [-0.4, -0.2) is 34.1 Å². The molecule has 5 heteroatoms. The van der Waals surface area contributed by atoms with Crippen LogP contribution in [0.5, 0.6) is 0 Å². The number of carbonyl (C=O) groups is 1.